The Balaban J connectivity index is 1.54. The van der Waals surface area contributed by atoms with E-state index in [1.807, 2.05) is 66.7 Å². The van der Waals surface area contributed by atoms with Crippen LogP contribution in [0.2, 0.25) is 0 Å². The van der Waals surface area contributed by atoms with Crippen molar-refractivity contribution < 1.29 is 36.8 Å². The molecule has 0 saturated carbocycles. The summed E-state index contributed by atoms with van der Waals surface area (Å²) in [6.07, 6.45) is 1.70. The molecule has 0 aliphatic carbocycles. The number of benzene rings is 4. The van der Waals surface area contributed by atoms with E-state index < -0.39 is 17.6 Å². The van der Waals surface area contributed by atoms with Gasteiger partial charge in [-0.15, -0.1) is 0 Å². The van der Waals surface area contributed by atoms with Crippen molar-refractivity contribution in [2.45, 2.75) is 23.9 Å². The minimum absolute atomic E-state index is 0.106. The van der Waals surface area contributed by atoms with Gasteiger partial charge in [0, 0.05) is 17.5 Å². The lowest BCUT2D eigenvalue weighted by Gasteiger charge is -2.19. The van der Waals surface area contributed by atoms with Crippen molar-refractivity contribution in [1.29, 1.82) is 0 Å². The van der Waals surface area contributed by atoms with Gasteiger partial charge in [-0.05, 0) is 46.3 Å². The van der Waals surface area contributed by atoms with Gasteiger partial charge in [-0.3, -0.25) is 13.3 Å². The lowest BCUT2D eigenvalue weighted by Crippen LogP contribution is -1.98. The molecular weight excluding hydrogens is 619 g/mol. The minimum atomic E-state index is -3.74. The van der Waals surface area contributed by atoms with Gasteiger partial charge in [-0.2, -0.15) is 0 Å². The molecule has 8 nitrogen and oxygen atoms in total. The van der Waals surface area contributed by atoms with E-state index in [0.29, 0.717) is 33.5 Å². The van der Waals surface area contributed by atoms with Crippen LogP contribution in [0.15, 0.2) is 101 Å². The van der Waals surface area contributed by atoms with Crippen LogP contribution < -0.4 is 18.9 Å². The maximum atomic E-state index is 14.1. The average Bonchev–Trinajstić information content (AvgIpc) is 3.06. The summed E-state index contributed by atoms with van der Waals surface area (Å²) in [4.78, 5) is 0.550. The second-order valence-electron chi connectivity index (χ2n) is 9.32. The Hall–Kier alpha value is -3.53. The van der Waals surface area contributed by atoms with E-state index in [0.717, 1.165) is 28.1 Å². The topological polar surface area (TPSA) is 89.5 Å². The Morgan fingerprint density at radius 3 is 1.73 bits per heavy atom. The van der Waals surface area contributed by atoms with Gasteiger partial charge >= 0.3 is 6.80 Å². The minimum Gasteiger partial charge on any atom is -0.496 e. The van der Waals surface area contributed by atoms with E-state index in [-0.39, 0.29) is 19.0 Å². The van der Waals surface area contributed by atoms with Crippen LogP contribution in [0.25, 0.3) is 6.08 Å². The molecule has 0 aliphatic rings. The van der Waals surface area contributed by atoms with Gasteiger partial charge in [0.2, 0.25) is 0 Å². The summed E-state index contributed by atoms with van der Waals surface area (Å²) in [7, 11) is 4.79. The number of rotatable bonds is 16. The molecule has 0 radical (unpaired) electrons. The fourth-order valence-corrected chi connectivity index (χ4v) is 8.26. The van der Waals surface area contributed by atoms with Crippen LogP contribution in [0.3, 0.4) is 0 Å². The monoisotopic (exact) mass is 654 g/mol. The molecule has 0 fully saturated rings. The van der Waals surface area contributed by atoms with Crippen LogP contribution in [0.5, 0.6) is 23.0 Å². The van der Waals surface area contributed by atoms with Crippen LogP contribution >= 0.6 is 18.2 Å². The van der Waals surface area contributed by atoms with E-state index in [1.54, 1.807) is 57.1 Å². The highest BCUT2D eigenvalue weighted by atomic mass is 32.7. The normalized spacial score (nSPS) is 12.2. The molecule has 11 heteroatoms. The third-order valence-corrected chi connectivity index (χ3v) is 10.9. The molecule has 232 valence electrons. The summed E-state index contributed by atoms with van der Waals surface area (Å²) in [6.45, 7) is -3.52. The first-order valence-corrected chi connectivity index (χ1v) is 17.9. The predicted molar refractivity (Wildman–Crippen MR) is 176 cm³/mol. The Kier molecular flexibility index (Phi) is 12.5. The number of hydrogen-bond donors (Lipinski definition) is 0. The maximum Gasteiger partial charge on any atom is 0.394 e. The summed E-state index contributed by atoms with van der Waals surface area (Å²) in [5.41, 5.74) is 3.12. The fourth-order valence-electron chi connectivity index (χ4n) is 4.10. The maximum absolute atomic E-state index is 14.1. The summed E-state index contributed by atoms with van der Waals surface area (Å²) in [6, 6.07) is 27.8. The zero-order chi connectivity index (χ0) is 31.4. The summed E-state index contributed by atoms with van der Waals surface area (Å²) in [5.74, 6) is 2.34. The third kappa shape index (κ3) is 9.48. The zero-order valence-electron chi connectivity index (χ0n) is 25.0. The molecule has 1 unspecified atom stereocenters. The van der Waals surface area contributed by atoms with Crippen molar-refractivity contribution >= 4 is 35.1 Å². The summed E-state index contributed by atoms with van der Waals surface area (Å²) in [5, 5.41) is 1.58. The van der Waals surface area contributed by atoms with Crippen molar-refractivity contribution in [3.8, 4) is 23.0 Å². The highest BCUT2D eigenvalue weighted by molar-refractivity contribution is 8.55. The largest absolute Gasteiger partial charge is 0.496 e. The molecule has 0 saturated heterocycles. The van der Waals surface area contributed by atoms with Crippen LogP contribution in [0.4, 0.5) is 0 Å². The van der Waals surface area contributed by atoms with E-state index in [1.165, 1.54) is 7.11 Å². The molecule has 4 aromatic rings. The highest BCUT2D eigenvalue weighted by Crippen LogP contribution is 2.65. The van der Waals surface area contributed by atoms with Gasteiger partial charge in [0.15, 0.2) is 0 Å². The van der Waals surface area contributed by atoms with Crippen molar-refractivity contribution in [1.82, 2.24) is 0 Å². The molecule has 4 rings (SSSR count). The van der Waals surface area contributed by atoms with Gasteiger partial charge < -0.3 is 18.9 Å². The third-order valence-electron chi connectivity index (χ3n) is 6.35. The first-order chi connectivity index (χ1) is 21.4. The van der Waals surface area contributed by atoms with E-state index in [4.69, 9.17) is 28.0 Å². The van der Waals surface area contributed by atoms with E-state index in [2.05, 4.69) is 0 Å². The van der Waals surface area contributed by atoms with Gasteiger partial charge in [0.05, 0.1) is 68.7 Å². The molecule has 0 bridgehead atoms. The van der Waals surface area contributed by atoms with Gasteiger partial charge in [-0.25, -0.2) is 4.57 Å². The molecule has 0 amide bonds. The first kappa shape index (κ1) is 33.4. The second-order valence-corrected chi connectivity index (χ2v) is 14.6. The van der Waals surface area contributed by atoms with Crippen molar-refractivity contribution in [2.24, 2.45) is 0 Å². The van der Waals surface area contributed by atoms with Gasteiger partial charge in [0.25, 0.3) is 0 Å². The van der Waals surface area contributed by atoms with Crippen LogP contribution in [0, 0.1) is 0 Å². The molecule has 1 atom stereocenters. The number of methoxy groups -OCH3 is 4. The molecule has 4 aromatic carbocycles. The Morgan fingerprint density at radius 2 is 1.23 bits per heavy atom. The first-order valence-electron chi connectivity index (χ1n) is 13.5. The quantitative estimate of drug-likeness (QED) is 0.111. The number of ether oxygens (including phenoxy) is 4. The van der Waals surface area contributed by atoms with Crippen molar-refractivity contribution in [3.05, 3.63) is 119 Å². The van der Waals surface area contributed by atoms with Gasteiger partial charge in [0.1, 0.15) is 23.0 Å². The van der Waals surface area contributed by atoms with Crippen LogP contribution in [0.1, 0.15) is 22.3 Å². The second kappa shape index (κ2) is 16.5. The lowest BCUT2D eigenvalue weighted by molar-refractivity contribution is 0.206. The Labute approximate surface area is 265 Å². The lowest BCUT2D eigenvalue weighted by atomic mass is 10.1. The van der Waals surface area contributed by atoms with Crippen LogP contribution in [-0.2, 0) is 43.4 Å². The predicted octanol–water partition coefficient (Wildman–Crippen LogP) is 8.27. The molecule has 0 spiro atoms. The molecule has 0 aromatic heterocycles. The molecule has 44 heavy (non-hydrogen) atoms. The smallest absolute Gasteiger partial charge is 0.394 e. The molecule has 0 aliphatic heterocycles. The van der Waals surface area contributed by atoms with Crippen molar-refractivity contribution in [2.75, 3.05) is 28.4 Å². The van der Waals surface area contributed by atoms with E-state index >= 15 is 0 Å². The fraction of sp³-hybridized carbons (Fsp3) is 0.212. The SMILES string of the molecule is COc1cc(OC)c(/C=C/S(=O)Cc2ccc(OC)c(SP(=O)(OCc3ccccc3)OCc3ccccc3)c2)c(OC)c1. The molecule has 0 N–H and O–H groups in total. The molecule has 0 heterocycles. The van der Waals surface area contributed by atoms with Crippen LogP contribution in [-0.4, -0.2) is 32.6 Å². The average molecular weight is 655 g/mol. The molecular formula is C33H35O8PS2. The summed E-state index contributed by atoms with van der Waals surface area (Å²) >= 11 is 0.970. The van der Waals surface area contributed by atoms with E-state index in [9.17, 15) is 8.77 Å². The Bertz CT molecular complexity index is 1540. The number of hydrogen-bond acceptors (Lipinski definition) is 9. The Morgan fingerprint density at radius 1 is 0.682 bits per heavy atom. The zero-order valence-corrected chi connectivity index (χ0v) is 27.5. The summed E-state index contributed by atoms with van der Waals surface area (Å²) < 4.78 is 61.0. The van der Waals surface area contributed by atoms with Gasteiger partial charge in [-0.1, -0.05) is 66.7 Å². The van der Waals surface area contributed by atoms with Crippen molar-refractivity contribution in [3.63, 3.8) is 0 Å². The highest BCUT2D eigenvalue weighted by Gasteiger charge is 2.29. The standard InChI is InChI=1S/C33H35O8PS2/c1-36-28-20-31(38-3)29(32(21-28)39-4)17-18-44(35)24-27-15-16-30(37-2)33(19-27)43-42(34,40-22-25-11-7-5-8-12-25)41-23-26-13-9-6-10-14-26/h5-21H,22-24H2,1-4H3/b18-17+.